The number of ether oxygens (including phenoxy) is 1. The molecule has 0 N–H and O–H groups in total. The van der Waals surface area contributed by atoms with E-state index < -0.39 is 4.92 Å². The maximum absolute atomic E-state index is 12.0. The molecule has 114 valence electrons. The van der Waals surface area contributed by atoms with Gasteiger partial charge in [0.2, 0.25) is 0 Å². The Morgan fingerprint density at radius 1 is 1.09 bits per heavy atom. The van der Waals surface area contributed by atoms with E-state index in [1.165, 1.54) is 30.3 Å². The Morgan fingerprint density at radius 3 is 2.45 bits per heavy atom. The zero-order chi connectivity index (χ0) is 16.3. The van der Waals surface area contributed by atoms with E-state index in [4.69, 9.17) is 39.5 Å². The average Bonchev–Trinajstić information content (AvgIpc) is 2.48. The number of nitrogens with zero attached hydrogens (tertiary/aromatic N) is 1. The van der Waals surface area contributed by atoms with Crippen molar-refractivity contribution in [3.8, 4) is 5.75 Å². The molecule has 2 rings (SSSR count). The van der Waals surface area contributed by atoms with Crippen molar-refractivity contribution in [2.24, 2.45) is 0 Å². The molecule has 0 amide bonds. The quantitative estimate of drug-likeness (QED) is 0.435. The molecule has 0 aliphatic rings. The number of benzene rings is 2. The Bertz CT molecular complexity index is 749. The molecule has 0 fully saturated rings. The number of carbonyl (C=O) groups excluding carboxylic acids is 1. The fourth-order valence-corrected chi connectivity index (χ4v) is 2.12. The highest BCUT2D eigenvalue weighted by Crippen LogP contribution is 2.30. The summed E-state index contributed by atoms with van der Waals surface area (Å²) in [6, 6.07) is 8.32. The topological polar surface area (TPSA) is 69.4 Å². The summed E-state index contributed by atoms with van der Waals surface area (Å²) in [6.07, 6.45) is 0. The molecular weight excluding hydrogens is 353 g/mol. The molecule has 0 saturated carbocycles. The molecule has 0 unspecified atom stereocenters. The molecule has 0 atom stereocenters. The summed E-state index contributed by atoms with van der Waals surface area (Å²) in [5.74, 6) is -0.425. The van der Waals surface area contributed by atoms with E-state index in [9.17, 15) is 14.9 Å². The molecule has 0 saturated heterocycles. The lowest BCUT2D eigenvalue weighted by atomic mass is 10.1. The van der Waals surface area contributed by atoms with E-state index in [0.717, 1.165) is 6.07 Å². The maximum Gasteiger partial charge on any atom is 0.312 e. The molecule has 5 nitrogen and oxygen atoms in total. The Hall–Kier alpha value is -1.82. The van der Waals surface area contributed by atoms with Crippen LogP contribution in [0.5, 0.6) is 5.75 Å². The molecule has 22 heavy (non-hydrogen) atoms. The van der Waals surface area contributed by atoms with Gasteiger partial charge in [-0.3, -0.25) is 14.9 Å². The fraction of sp³-hybridized carbons (Fsp3) is 0.0714. The third kappa shape index (κ3) is 3.88. The summed E-state index contributed by atoms with van der Waals surface area (Å²) in [5, 5.41) is 11.7. The van der Waals surface area contributed by atoms with Crippen LogP contribution in [0, 0.1) is 10.1 Å². The minimum absolute atomic E-state index is 0.0391. The van der Waals surface area contributed by atoms with Crippen molar-refractivity contribution in [3.63, 3.8) is 0 Å². The summed E-state index contributed by atoms with van der Waals surface area (Å²) in [4.78, 5) is 22.3. The molecule has 0 spiro atoms. The van der Waals surface area contributed by atoms with Gasteiger partial charge < -0.3 is 4.74 Å². The normalized spacial score (nSPS) is 10.3. The van der Waals surface area contributed by atoms with Crippen LogP contribution in [0.1, 0.15) is 10.4 Å². The van der Waals surface area contributed by atoms with Crippen LogP contribution in [0.2, 0.25) is 15.1 Å². The van der Waals surface area contributed by atoms with Crippen LogP contribution in [0.15, 0.2) is 36.4 Å². The van der Waals surface area contributed by atoms with E-state index in [0.29, 0.717) is 10.6 Å². The summed E-state index contributed by atoms with van der Waals surface area (Å²) in [7, 11) is 0. The number of rotatable bonds is 5. The predicted molar refractivity (Wildman–Crippen MR) is 84.4 cm³/mol. The van der Waals surface area contributed by atoms with Crippen molar-refractivity contribution in [1.29, 1.82) is 0 Å². The predicted octanol–water partition coefficient (Wildman–Crippen LogP) is 4.82. The first-order valence-corrected chi connectivity index (χ1v) is 7.07. The third-order valence-corrected chi connectivity index (χ3v) is 3.69. The molecule has 0 heterocycles. The molecule has 2 aromatic carbocycles. The number of halogens is 3. The van der Waals surface area contributed by atoms with Gasteiger partial charge in [0.15, 0.2) is 18.1 Å². The fourth-order valence-electron chi connectivity index (χ4n) is 1.65. The summed E-state index contributed by atoms with van der Waals surface area (Å²) in [5.41, 5.74) is -0.0135. The number of nitro benzene ring substituents is 1. The van der Waals surface area contributed by atoms with Crippen LogP contribution in [0.25, 0.3) is 0 Å². The molecule has 0 aromatic heterocycles. The Balaban J connectivity index is 2.14. The lowest BCUT2D eigenvalue weighted by Crippen LogP contribution is -2.12. The number of ketones is 1. The van der Waals surface area contributed by atoms with Gasteiger partial charge in [-0.05, 0) is 30.3 Å². The number of nitro groups is 1. The van der Waals surface area contributed by atoms with Gasteiger partial charge in [-0.2, -0.15) is 0 Å². The van der Waals surface area contributed by atoms with Crippen molar-refractivity contribution >= 4 is 46.3 Å². The van der Waals surface area contributed by atoms with E-state index >= 15 is 0 Å². The molecule has 0 aliphatic carbocycles. The molecule has 0 aliphatic heterocycles. The van der Waals surface area contributed by atoms with Crippen molar-refractivity contribution in [2.45, 2.75) is 0 Å². The van der Waals surface area contributed by atoms with E-state index in [1.54, 1.807) is 0 Å². The average molecular weight is 361 g/mol. The Kier molecular flexibility index (Phi) is 5.24. The van der Waals surface area contributed by atoms with Gasteiger partial charge >= 0.3 is 5.69 Å². The van der Waals surface area contributed by atoms with Crippen LogP contribution >= 0.6 is 34.8 Å². The number of hydrogen-bond acceptors (Lipinski definition) is 4. The van der Waals surface area contributed by atoms with Crippen LogP contribution in [-0.2, 0) is 0 Å². The number of carbonyl (C=O) groups is 1. The van der Waals surface area contributed by atoms with Gasteiger partial charge in [0.1, 0.15) is 0 Å². The van der Waals surface area contributed by atoms with E-state index in [1.807, 2.05) is 0 Å². The molecule has 0 bridgehead atoms. The van der Waals surface area contributed by atoms with Crippen molar-refractivity contribution in [2.75, 3.05) is 6.61 Å². The number of Topliss-reactive ketones (excluding diaryl/α,β-unsaturated/α-hetero) is 1. The summed E-state index contributed by atoms with van der Waals surface area (Å²) in [6.45, 7) is -0.375. The SMILES string of the molecule is O=C(COc1ccc(Cl)cc1[N+](=O)[O-])c1ccc(Cl)c(Cl)c1. The zero-order valence-electron chi connectivity index (χ0n) is 10.9. The van der Waals surface area contributed by atoms with Crippen LogP contribution < -0.4 is 4.74 Å². The highest BCUT2D eigenvalue weighted by Gasteiger charge is 2.17. The van der Waals surface area contributed by atoms with E-state index in [-0.39, 0.29) is 33.9 Å². The standard InChI is InChI=1S/C14H8Cl3NO4/c15-9-2-4-14(12(6-9)18(20)21)22-7-13(19)8-1-3-10(16)11(17)5-8/h1-6H,7H2. The van der Waals surface area contributed by atoms with Gasteiger partial charge in [-0.25, -0.2) is 0 Å². The minimum atomic E-state index is -0.634. The second-order valence-electron chi connectivity index (χ2n) is 4.21. The summed E-state index contributed by atoms with van der Waals surface area (Å²) < 4.78 is 5.21. The van der Waals surface area contributed by atoms with Crippen molar-refractivity contribution in [1.82, 2.24) is 0 Å². The molecule has 2 aromatic rings. The van der Waals surface area contributed by atoms with Gasteiger partial charge in [-0.15, -0.1) is 0 Å². The Labute approximate surface area is 140 Å². The zero-order valence-corrected chi connectivity index (χ0v) is 13.2. The first-order chi connectivity index (χ1) is 10.4. The van der Waals surface area contributed by atoms with Crippen LogP contribution in [0.3, 0.4) is 0 Å². The first kappa shape index (κ1) is 16.5. The van der Waals surface area contributed by atoms with Gasteiger partial charge in [0, 0.05) is 16.7 Å². The van der Waals surface area contributed by atoms with Crippen LogP contribution in [-0.4, -0.2) is 17.3 Å². The van der Waals surface area contributed by atoms with Gasteiger partial charge in [0.05, 0.1) is 15.0 Å². The lowest BCUT2D eigenvalue weighted by molar-refractivity contribution is -0.385. The third-order valence-electron chi connectivity index (χ3n) is 2.72. The van der Waals surface area contributed by atoms with Crippen molar-refractivity contribution in [3.05, 3.63) is 67.1 Å². The molecule has 0 radical (unpaired) electrons. The monoisotopic (exact) mass is 359 g/mol. The lowest BCUT2D eigenvalue weighted by Gasteiger charge is -2.07. The van der Waals surface area contributed by atoms with Gasteiger partial charge in [0.25, 0.3) is 0 Å². The van der Waals surface area contributed by atoms with E-state index in [2.05, 4.69) is 0 Å². The van der Waals surface area contributed by atoms with Gasteiger partial charge in [-0.1, -0.05) is 34.8 Å². The number of hydrogen-bond donors (Lipinski definition) is 0. The largest absolute Gasteiger partial charge is 0.478 e. The molecular formula is C14H8Cl3NO4. The highest BCUT2D eigenvalue weighted by molar-refractivity contribution is 6.42. The second-order valence-corrected chi connectivity index (χ2v) is 5.46. The Morgan fingerprint density at radius 2 is 1.82 bits per heavy atom. The minimum Gasteiger partial charge on any atom is -0.478 e. The molecule has 8 heteroatoms. The van der Waals surface area contributed by atoms with Crippen molar-refractivity contribution < 1.29 is 14.5 Å². The highest BCUT2D eigenvalue weighted by atomic mass is 35.5. The second kappa shape index (κ2) is 6.96. The summed E-state index contributed by atoms with van der Waals surface area (Å²) >= 11 is 17.3. The maximum atomic E-state index is 12.0. The van der Waals surface area contributed by atoms with Crippen LogP contribution in [0.4, 0.5) is 5.69 Å². The smallest absolute Gasteiger partial charge is 0.312 e. The first-order valence-electron chi connectivity index (χ1n) is 5.93.